The number of fused-ring (bicyclic) bond motifs is 1. The van der Waals surface area contributed by atoms with Crippen LogP contribution in [0.15, 0.2) is 30.6 Å². The maximum Gasteiger partial charge on any atom is 0.523 e. The second kappa shape index (κ2) is 8.03. The molecule has 0 aliphatic heterocycles. The number of aromatic amines is 1. The summed E-state index contributed by atoms with van der Waals surface area (Å²) in [7, 11) is 1.48. The van der Waals surface area contributed by atoms with Gasteiger partial charge in [0, 0.05) is 22.2 Å². The molecule has 0 saturated heterocycles. The van der Waals surface area contributed by atoms with E-state index in [2.05, 4.69) is 25.0 Å². The zero-order valence-corrected chi connectivity index (χ0v) is 15.2. The number of hydrogen-bond acceptors (Lipinski definition) is 5. The number of methoxy groups -OCH3 is 1. The van der Waals surface area contributed by atoms with Gasteiger partial charge in [0.15, 0.2) is 0 Å². The van der Waals surface area contributed by atoms with E-state index in [1.165, 1.54) is 19.5 Å². The van der Waals surface area contributed by atoms with Crippen molar-refractivity contribution in [2.24, 2.45) is 0 Å². The van der Waals surface area contributed by atoms with E-state index < -0.39 is 18.9 Å². The predicted molar refractivity (Wildman–Crippen MR) is 94.7 cm³/mol. The number of halogens is 4. The normalized spacial score (nSPS) is 11.6. The number of hydrogen-bond donors (Lipinski definition) is 2. The summed E-state index contributed by atoms with van der Waals surface area (Å²) in [6.07, 6.45) is -1.86. The Hall–Kier alpha value is -2.85. The lowest BCUT2D eigenvalue weighted by atomic mass is 10.1. The van der Waals surface area contributed by atoms with Crippen LogP contribution in [-0.4, -0.2) is 40.9 Å². The number of carbonyl (C=O) groups is 1. The summed E-state index contributed by atoms with van der Waals surface area (Å²) in [5.74, 6) is -0.517. The summed E-state index contributed by atoms with van der Waals surface area (Å²) in [5.41, 5.74) is 2.49. The fourth-order valence-corrected chi connectivity index (χ4v) is 2.73. The van der Waals surface area contributed by atoms with Gasteiger partial charge in [-0.3, -0.25) is 9.53 Å². The average molecular weight is 415 g/mol. The zero-order chi connectivity index (χ0) is 20.3. The number of alkyl halides is 3. The molecule has 0 spiro atoms. The van der Waals surface area contributed by atoms with Gasteiger partial charge in [-0.05, 0) is 18.2 Å². The van der Waals surface area contributed by atoms with Crippen LogP contribution < -0.4 is 10.1 Å². The first kappa shape index (κ1) is 19.9. The van der Waals surface area contributed by atoms with Crippen molar-refractivity contribution in [3.8, 4) is 17.1 Å². The third-order valence-corrected chi connectivity index (χ3v) is 4.03. The van der Waals surface area contributed by atoms with Gasteiger partial charge < -0.3 is 15.0 Å². The van der Waals surface area contributed by atoms with Crippen molar-refractivity contribution >= 4 is 28.4 Å². The van der Waals surface area contributed by atoms with Crippen molar-refractivity contribution < 1.29 is 27.4 Å². The summed E-state index contributed by atoms with van der Waals surface area (Å²) in [5, 5.41) is 3.56. The number of H-pyrrole nitrogens is 1. The van der Waals surface area contributed by atoms with Crippen molar-refractivity contribution in [1.29, 1.82) is 0 Å². The van der Waals surface area contributed by atoms with Crippen LogP contribution in [0.5, 0.6) is 5.88 Å². The highest BCUT2D eigenvalue weighted by Gasteiger charge is 2.30. The van der Waals surface area contributed by atoms with Gasteiger partial charge in [0.1, 0.15) is 6.61 Å². The summed E-state index contributed by atoms with van der Waals surface area (Å²) < 4.78 is 44.3. The molecule has 2 N–H and O–H groups in total. The van der Waals surface area contributed by atoms with E-state index in [-0.39, 0.29) is 6.54 Å². The van der Waals surface area contributed by atoms with Crippen LogP contribution >= 0.6 is 11.6 Å². The molecule has 1 aromatic carbocycles. The molecule has 1 amide bonds. The molecular formula is C17H14ClF3N4O3. The summed E-state index contributed by atoms with van der Waals surface area (Å²) in [4.78, 5) is 22.8. The Morgan fingerprint density at radius 2 is 2.04 bits per heavy atom. The van der Waals surface area contributed by atoms with E-state index in [1.807, 2.05) is 0 Å². The molecule has 148 valence electrons. The van der Waals surface area contributed by atoms with Gasteiger partial charge in [0.25, 0.3) is 0 Å². The number of carbonyl (C=O) groups excluding carboxylic acids is 1. The Bertz CT molecular complexity index is 990. The first-order valence-electron chi connectivity index (χ1n) is 7.90. The third kappa shape index (κ3) is 4.90. The molecule has 3 aromatic rings. The van der Waals surface area contributed by atoms with Crippen LogP contribution in [-0.2, 0) is 16.1 Å². The molecule has 0 atom stereocenters. The summed E-state index contributed by atoms with van der Waals surface area (Å²) in [6, 6.07) is 5.22. The molecule has 28 heavy (non-hydrogen) atoms. The first-order chi connectivity index (χ1) is 13.2. The van der Waals surface area contributed by atoms with Crippen molar-refractivity contribution in [3.05, 3.63) is 41.3 Å². The maximum absolute atomic E-state index is 11.9. The minimum Gasteiger partial charge on any atom is -0.480 e. The zero-order valence-electron chi connectivity index (χ0n) is 14.4. The van der Waals surface area contributed by atoms with E-state index in [1.54, 1.807) is 18.2 Å². The molecular weight excluding hydrogens is 401 g/mol. The van der Waals surface area contributed by atoms with Crippen LogP contribution in [0.25, 0.3) is 22.2 Å². The SMILES string of the molecule is COc1cnc(-c2cc3[nH]c(CNC(=O)COC(F)(F)F)cc3cc2Cl)cn1. The number of nitrogens with zero attached hydrogens (tertiary/aromatic N) is 2. The van der Waals surface area contributed by atoms with Gasteiger partial charge in [-0.1, -0.05) is 11.6 Å². The fourth-order valence-electron chi connectivity index (χ4n) is 2.46. The molecule has 0 aliphatic carbocycles. The molecule has 2 aromatic heterocycles. The lowest BCUT2D eigenvalue weighted by molar-refractivity contribution is -0.321. The second-order valence-corrected chi connectivity index (χ2v) is 6.08. The van der Waals surface area contributed by atoms with Gasteiger partial charge in [0.2, 0.25) is 11.8 Å². The van der Waals surface area contributed by atoms with Crippen LogP contribution in [0.2, 0.25) is 5.02 Å². The Labute approximate surface area is 161 Å². The van der Waals surface area contributed by atoms with E-state index in [0.717, 1.165) is 5.39 Å². The number of nitrogens with one attached hydrogen (secondary N) is 2. The Morgan fingerprint density at radius 3 is 2.68 bits per heavy atom. The van der Waals surface area contributed by atoms with E-state index >= 15 is 0 Å². The molecule has 2 heterocycles. The number of ether oxygens (including phenoxy) is 2. The van der Waals surface area contributed by atoms with Gasteiger partial charge in [-0.2, -0.15) is 0 Å². The van der Waals surface area contributed by atoms with Gasteiger partial charge >= 0.3 is 6.36 Å². The van der Waals surface area contributed by atoms with Crippen LogP contribution in [0, 0.1) is 0 Å². The van der Waals surface area contributed by atoms with Crippen LogP contribution in [0.4, 0.5) is 13.2 Å². The van der Waals surface area contributed by atoms with Crippen molar-refractivity contribution in [1.82, 2.24) is 20.3 Å². The molecule has 7 nitrogen and oxygen atoms in total. The number of rotatable bonds is 6. The lowest BCUT2D eigenvalue weighted by Crippen LogP contribution is -2.30. The minimum absolute atomic E-state index is 0.00399. The van der Waals surface area contributed by atoms with Crippen molar-refractivity contribution in [2.45, 2.75) is 12.9 Å². The standard InChI is InChI=1S/C17H14ClF3N4O3/c1-27-16-7-22-14(6-24-16)11-4-13-9(3-12(11)18)2-10(25-13)5-23-15(26)8-28-17(19,20)21/h2-4,6-7,25H,5,8H2,1H3,(H,23,26). The molecule has 11 heteroatoms. The van der Waals surface area contributed by atoms with Crippen LogP contribution in [0.3, 0.4) is 0 Å². The Balaban J connectivity index is 1.73. The molecule has 0 radical (unpaired) electrons. The molecule has 0 unspecified atom stereocenters. The second-order valence-electron chi connectivity index (χ2n) is 5.67. The monoisotopic (exact) mass is 414 g/mol. The number of benzene rings is 1. The van der Waals surface area contributed by atoms with Gasteiger partial charge in [0.05, 0.1) is 36.8 Å². The molecule has 3 rings (SSSR count). The Morgan fingerprint density at radius 1 is 1.25 bits per heavy atom. The molecule has 0 bridgehead atoms. The van der Waals surface area contributed by atoms with Gasteiger partial charge in [-0.25, -0.2) is 9.97 Å². The molecule has 0 aliphatic rings. The third-order valence-electron chi connectivity index (χ3n) is 3.72. The summed E-state index contributed by atoms with van der Waals surface area (Å²) in [6.45, 7) is -1.10. The largest absolute Gasteiger partial charge is 0.523 e. The highest BCUT2D eigenvalue weighted by Crippen LogP contribution is 2.31. The lowest BCUT2D eigenvalue weighted by Gasteiger charge is -2.07. The maximum atomic E-state index is 11.9. The van der Waals surface area contributed by atoms with Crippen LogP contribution in [0.1, 0.15) is 5.69 Å². The highest BCUT2D eigenvalue weighted by atomic mass is 35.5. The quantitative estimate of drug-likeness (QED) is 0.645. The summed E-state index contributed by atoms with van der Waals surface area (Å²) >= 11 is 6.33. The average Bonchev–Trinajstić information content (AvgIpc) is 3.05. The fraction of sp³-hybridized carbons (Fsp3) is 0.235. The minimum atomic E-state index is -4.85. The topological polar surface area (TPSA) is 89.1 Å². The van der Waals surface area contributed by atoms with E-state index in [0.29, 0.717) is 33.4 Å². The molecule has 0 fully saturated rings. The van der Waals surface area contributed by atoms with E-state index in [9.17, 15) is 18.0 Å². The number of aromatic nitrogens is 3. The van der Waals surface area contributed by atoms with Gasteiger partial charge in [-0.15, -0.1) is 13.2 Å². The van der Waals surface area contributed by atoms with E-state index in [4.69, 9.17) is 16.3 Å². The van der Waals surface area contributed by atoms with Crippen molar-refractivity contribution in [3.63, 3.8) is 0 Å². The smallest absolute Gasteiger partial charge is 0.480 e. The number of amides is 1. The molecule has 0 saturated carbocycles. The predicted octanol–water partition coefficient (Wildman–Crippen LogP) is 3.44. The Kier molecular flexibility index (Phi) is 5.71. The van der Waals surface area contributed by atoms with Crippen molar-refractivity contribution in [2.75, 3.05) is 13.7 Å². The highest BCUT2D eigenvalue weighted by molar-refractivity contribution is 6.34. The first-order valence-corrected chi connectivity index (χ1v) is 8.28.